The zero-order valence-electron chi connectivity index (χ0n) is 17.2. The van der Waals surface area contributed by atoms with E-state index in [2.05, 4.69) is 17.5 Å². The minimum atomic E-state index is -0.904. The minimum absolute atomic E-state index is 0.107. The Morgan fingerprint density at radius 2 is 1.71 bits per heavy atom. The molecule has 1 saturated carbocycles. The molecule has 5 rings (SSSR count). The minimum Gasteiger partial charge on any atom is -0.497 e. The van der Waals surface area contributed by atoms with E-state index in [0.29, 0.717) is 11.4 Å². The van der Waals surface area contributed by atoms with Crippen molar-refractivity contribution in [2.24, 2.45) is 23.7 Å². The highest BCUT2D eigenvalue weighted by molar-refractivity contribution is 6.11. The Labute approximate surface area is 180 Å². The first kappa shape index (κ1) is 19.5. The van der Waals surface area contributed by atoms with Gasteiger partial charge in [-0.2, -0.15) is 0 Å². The van der Waals surface area contributed by atoms with Crippen molar-refractivity contribution < 1.29 is 19.1 Å². The Morgan fingerprint density at radius 1 is 1.03 bits per heavy atom. The zero-order chi connectivity index (χ0) is 21.5. The fourth-order valence-electron chi connectivity index (χ4n) is 5.30. The van der Waals surface area contributed by atoms with Crippen molar-refractivity contribution in [3.8, 4) is 5.75 Å². The normalized spacial score (nSPS) is 26.8. The predicted octanol–water partition coefficient (Wildman–Crippen LogP) is 3.05. The highest BCUT2D eigenvalue weighted by atomic mass is 16.5. The third-order valence-electron chi connectivity index (χ3n) is 6.73. The first-order valence-electron chi connectivity index (χ1n) is 10.6. The summed E-state index contributed by atoms with van der Waals surface area (Å²) in [6.07, 6.45) is 5.25. The first-order chi connectivity index (χ1) is 15.1. The summed E-state index contributed by atoms with van der Waals surface area (Å²) in [6, 6.07) is 15.6. The summed E-state index contributed by atoms with van der Waals surface area (Å²) in [5, 5.41) is 2.88. The van der Waals surface area contributed by atoms with E-state index in [4.69, 9.17) is 4.74 Å². The van der Waals surface area contributed by atoms with Gasteiger partial charge in [0.05, 0.1) is 18.9 Å². The van der Waals surface area contributed by atoms with Crippen LogP contribution in [0.3, 0.4) is 0 Å². The van der Waals surface area contributed by atoms with Gasteiger partial charge in [0.2, 0.25) is 17.7 Å². The summed E-state index contributed by atoms with van der Waals surface area (Å²) in [5.74, 6) is -0.634. The summed E-state index contributed by atoms with van der Waals surface area (Å²) in [5.41, 5.74) is 1.45. The van der Waals surface area contributed by atoms with Gasteiger partial charge in [0.1, 0.15) is 11.8 Å². The molecule has 2 bridgehead atoms. The molecule has 0 spiro atoms. The largest absolute Gasteiger partial charge is 0.497 e. The summed E-state index contributed by atoms with van der Waals surface area (Å²) in [7, 11) is 1.56. The Bertz CT molecular complexity index is 1030. The summed E-state index contributed by atoms with van der Waals surface area (Å²) >= 11 is 0. The van der Waals surface area contributed by atoms with E-state index in [-0.39, 0.29) is 47.8 Å². The maximum atomic E-state index is 13.4. The molecule has 2 fully saturated rings. The number of nitrogens with zero attached hydrogens (tertiary/aromatic N) is 1. The highest BCUT2D eigenvalue weighted by Crippen LogP contribution is 2.53. The number of anilines is 1. The molecule has 5 atom stereocenters. The van der Waals surface area contributed by atoms with Crippen molar-refractivity contribution in [2.45, 2.75) is 18.9 Å². The van der Waals surface area contributed by atoms with Crippen molar-refractivity contribution in [3.05, 3.63) is 72.3 Å². The van der Waals surface area contributed by atoms with Gasteiger partial charge in [-0.1, -0.05) is 48.6 Å². The molecule has 0 unspecified atom stereocenters. The monoisotopic (exact) mass is 416 g/mol. The molecule has 158 valence electrons. The van der Waals surface area contributed by atoms with Crippen molar-refractivity contribution in [2.75, 3.05) is 12.4 Å². The van der Waals surface area contributed by atoms with Crippen LogP contribution in [-0.2, 0) is 20.8 Å². The van der Waals surface area contributed by atoms with Gasteiger partial charge in [-0.05, 0) is 36.0 Å². The standard InChI is InChI=1S/C25H24N2O4/c1-31-19-9-5-8-18(14-19)26-23(28)20(12-15-6-3-2-4-7-15)27-24(29)21-16-10-11-17(13-16)22(21)25(27)30/h2-11,14,16-17,20-22H,12-13H2,1H3,(H,26,28)/t16-,17+,20-,21-,22-/m0/s1. The zero-order valence-corrected chi connectivity index (χ0v) is 17.2. The van der Waals surface area contributed by atoms with E-state index in [9.17, 15) is 14.4 Å². The summed E-state index contributed by atoms with van der Waals surface area (Å²) in [6.45, 7) is 0. The van der Waals surface area contributed by atoms with Crippen LogP contribution in [0.2, 0.25) is 0 Å². The van der Waals surface area contributed by atoms with Crippen LogP contribution in [0.25, 0.3) is 0 Å². The molecular formula is C25H24N2O4. The van der Waals surface area contributed by atoms with Crippen LogP contribution in [0, 0.1) is 23.7 Å². The summed E-state index contributed by atoms with van der Waals surface area (Å²) < 4.78 is 5.23. The molecule has 1 aliphatic heterocycles. The van der Waals surface area contributed by atoms with Crippen LogP contribution in [0.5, 0.6) is 5.75 Å². The molecule has 6 nitrogen and oxygen atoms in total. The van der Waals surface area contributed by atoms with E-state index in [1.165, 1.54) is 4.90 Å². The van der Waals surface area contributed by atoms with Crippen LogP contribution >= 0.6 is 0 Å². The van der Waals surface area contributed by atoms with Crippen LogP contribution in [0.4, 0.5) is 5.69 Å². The maximum absolute atomic E-state index is 13.4. The number of carbonyl (C=O) groups is 3. The second-order valence-electron chi connectivity index (χ2n) is 8.47. The number of benzene rings is 2. The Balaban J connectivity index is 1.45. The van der Waals surface area contributed by atoms with Crippen molar-refractivity contribution in [1.82, 2.24) is 4.90 Å². The number of hydrogen-bond donors (Lipinski definition) is 1. The smallest absolute Gasteiger partial charge is 0.248 e. The number of carbonyl (C=O) groups excluding carboxylic acids is 3. The van der Waals surface area contributed by atoms with Crippen molar-refractivity contribution in [3.63, 3.8) is 0 Å². The third-order valence-corrected chi connectivity index (χ3v) is 6.73. The second kappa shape index (κ2) is 7.69. The Morgan fingerprint density at radius 3 is 2.35 bits per heavy atom. The molecule has 3 amide bonds. The lowest BCUT2D eigenvalue weighted by atomic mass is 9.85. The molecule has 1 N–H and O–H groups in total. The van der Waals surface area contributed by atoms with Gasteiger partial charge in [-0.25, -0.2) is 0 Å². The number of amides is 3. The quantitative estimate of drug-likeness (QED) is 0.580. The lowest BCUT2D eigenvalue weighted by molar-refractivity contribution is -0.147. The first-order valence-corrected chi connectivity index (χ1v) is 10.6. The van der Waals surface area contributed by atoms with E-state index in [1.807, 2.05) is 30.3 Å². The fourth-order valence-corrected chi connectivity index (χ4v) is 5.30. The van der Waals surface area contributed by atoms with Crippen molar-refractivity contribution in [1.29, 1.82) is 0 Å². The fraction of sp³-hybridized carbons (Fsp3) is 0.320. The predicted molar refractivity (Wildman–Crippen MR) is 115 cm³/mol. The van der Waals surface area contributed by atoms with Gasteiger partial charge in [0.25, 0.3) is 0 Å². The van der Waals surface area contributed by atoms with Crippen LogP contribution in [-0.4, -0.2) is 35.8 Å². The number of rotatable bonds is 6. The topological polar surface area (TPSA) is 75.7 Å². The molecule has 1 saturated heterocycles. The molecule has 2 aromatic rings. The number of methoxy groups -OCH3 is 1. The van der Waals surface area contributed by atoms with Gasteiger partial charge in [0, 0.05) is 18.2 Å². The number of likely N-dealkylation sites (tertiary alicyclic amines) is 1. The van der Waals surface area contributed by atoms with E-state index < -0.39 is 6.04 Å². The van der Waals surface area contributed by atoms with Crippen LogP contribution in [0.1, 0.15) is 12.0 Å². The lowest BCUT2D eigenvalue weighted by Crippen LogP contribution is -2.49. The van der Waals surface area contributed by atoms with Gasteiger partial charge in [-0.15, -0.1) is 0 Å². The molecule has 2 aliphatic carbocycles. The Kier molecular flexibility index (Phi) is 4.85. The van der Waals surface area contributed by atoms with Gasteiger partial charge < -0.3 is 10.1 Å². The van der Waals surface area contributed by atoms with Crippen LogP contribution in [0.15, 0.2) is 66.7 Å². The number of hydrogen-bond acceptors (Lipinski definition) is 4. The molecular weight excluding hydrogens is 392 g/mol. The number of nitrogens with one attached hydrogen (secondary N) is 1. The van der Waals surface area contributed by atoms with E-state index in [0.717, 1.165) is 12.0 Å². The summed E-state index contributed by atoms with van der Waals surface area (Å²) in [4.78, 5) is 41.3. The Hall–Kier alpha value is -3.41. The van der Waals surface area contributed by atoms with Gasteiger partial charge in [-0.3, -0.25) is 19.3 Å². The van der Waals surface area contributed by atoms with E-state index in [1.54, 1.807) is 31.4 Å². The average molecular weight is 416 g/mol. The molecule has 1 heterocycles. The number of fused-ring (bicyclic) bond motifs is 5. The van der Waals surface area contributed by atoms with Crippen molar-refractivity contribution >= 4 is 23.4 Å². The molecule has 6 heteroatoms. The second-order valence-corrected chi connectivity index (χ2v) is 8.47. The lowest BCUT2D eigenvalue weighted by Gasteiger charge is -2.27. The van der Waals surface area contributed by atoms with Gasteiger partial charge >= 0.3 is 0 Å². The maximum Gasteiger partial charge on any atom is 0.248 e. The number of imide groups is 1. The number of allylic oxidation sites excluding steroid dienone is 2. The molecule has 31 heavy (non-hydrogen) atoms. The number of ether oxygens (including phenoxy) is 1. The highest BCUT2D eigenvalue weighted by Gasteiger charge is 2.61. The average Bonchev–Trinajstić information content (AvgIpc) is 3.47. The molecule has 0 aromatic heterocycles. The third kappa shape index (κ3) is 3.32. The SMILES string of the molecule is COc1cccc(NC(=O)[C@H](Cc2ccccc2)N2C(=O)[C@@H]3[C@@H](C2=O)[C@H]2C=C[C@@H]3C2)c1. The molecule has 3 aliphatic rings. The molecule has 2 aromatic carbocycles. The van der Waals surface area contributed by atoms with Crippen LogP contribution < -0.4 is 10.1 Å². The molecule has 0 radical (unpaired) electrons. The van der Waals surface area contributed by atoms with Gasteiger partial charge in [0.15, 0.2) is 0 Å². The van der Waals surface area contributed by atoms with E-state index >= 15 is 0 Å².